The highest BCUT2D eigenvalue weighted by Crippen LogP contribution is 2.12. The molecule has 1 aliphatic rings. The summed E-state index contributed by atoms with van der Waals surface area (Å²) in [5.74, 6) is 1.32. The van der Waals surface area contributed by atoms with E-state index in [9.17, 15) is 8.78 Å². The lowest BCUT2D eigenvalue weighted by Gasteiger charge is -2.13. The zero-order chi connectivity index (χ0) is 17.2. The van der Waals surface area contributed by atoms with E-state index >= 15 is 0 Å². The lowest BCUT2D eigenvalue weighted by Crippen LogP contribution is -2.38. The van der Waals surface area contributed by atoms with Crippen molar-refractivity contribution in [1.82, 2.24) is 20.2 Å². The standard InChI is InChI=1S/C15H25F2N5O2/c1-18-15(21-9-13-19-5-6-22(13)14(16)17)20-4-2-7-23-10-12-3-8-24-11-12/h5-6,12,14H,2-4,7-11H2,1H3,(H2,18,20,21). The van der Waals surface area contributed by atoms with Crippen LogP contribution in [0.1, 0.15) is 25.2 Å². The van der Waals surface area contributed by atoms with Gasteiger partial charge in [-0.1, -0.05) is 0 Å². The van der Waals surface area contributed by atoms with Gasteiger partial charge < -0.3 is 20.1 Å². The predicted molar refractivity (Wildman–Crippen MR) is 86.0 cm³/mol. The van der Waals surface area contributed by atoms with Crippen LogP contribution in [0, 0.1) is 5.92 Å². The minimum atomic E-state index is -2.60. The van der Waals surface area contributed by atoms with Crippen molar-refractivity contribution in [3.05, 3.63) is 18.2 Å². The zero-order valence-electron chi connectivity index (χ0n) is 13.9. The Bertz CT molecular complexity index is 504. The molecule has 1 aromatic rings. The van der Waals surface area contributed by atoms with Gasteiger partial charge >= 0.3 is 6.55 Å². The van der Waals surface area contributed by atoms with E-state index in [4.69, 9.17) is 9.47 Å². The van der Waals surface area contributed by atoms with Crippen molar-refractivity contribution in [1.29, 1.82) is 0 Å². The molecule has 0 bridgehead atoms. The normalized spacial score (nSPS) is 18.3. The molecule has 136 valence electrons. The first kappa shape index (κ1) is 18.6. The van der Waals surface area contributed by atoms with Crippen molar-refractivity contribution in [3.63, 3.8) is 0 Å². The van der Waals surface area contributed by atoms with E-state index in [1.54, 1.807) is 7.05 Å². The van der Waals surface area contributed by atoms with Crippen LogP contribution in [0.4, 0.5) is 8.78 Å². The molecule has 2 rings (SSSR count). The summed E-state index contributed by atoms with van der Waals surface area (Å²) in [7, 11) is 1.63. The Morgan fingerprint density at radius 1 is 1.54 bits per heavy atom. The Hall–Kier alpha value is -1.74. The van der Waals surface area contributed by atoms with Gasteiger partial charge in [0.15, 0.2) is 5.96 Å². The fraction of sp³-hybridized carbons (Fsp3) is 0.733. The van der Waals surface area contributed by atoms with Crippen molar-refractivity contribution >= 4 is 5.96 Å². The SMILES string of the molecule is CN=C(NCCCOCC1CCOC1)NCc1nccn1C(F)F. The molecule has 2 heterocycles. The minimum Gasteiger partial charge on any atom is -0.381 e. The van der Waals surface area contributed by atoms with Crippen LogP contribution in [0.15, 0.2) is 17.4 Å². The van der Waals surface area contributed by atoms with Crippen molar-refractivity contribution in [2.45, 2.75) is 25.9 Å². The molecule has 2 N–H and O–H groups in total. The summed E-state index contributed by atoms with van der Waals surface area (Å²) in [5.41, 5.74) is 0. The summed E-state index contributed by atoms with van der Waals surface area (Å²) in [6.45, 7) is 1.30. The smallest absolute Gasteiger partial charge is 0.319 e. The molecule has 1 atom stereocenters. The molecule has 1 aromatic heterocycles. The molecule has 0 spiro atoms. The van der Waals surface area contributed by atoms with Crippen molar-refractivity contribution in [2.24, 2.45) is 10.9 Å². The zero-order valence-corrected chi connectivity index (χ0v) is 13.9. The van der Waals surface area contributed by atoms with Gasteiger partial charge in [0.1, 0.15) is 5.82 Å². The number of aromatic nitrogens is 2. The number of aliphatic imine (C=N–C) groups is 1. The number of rotatable bonds is 9. The number of nitrogens with zero attached hydrogens (tertiary/aromatic N) is 3. The van der Waals surface area contributed by atoms with E-state index in [0.29, 0.717) is 25.0 Å². The van der Waals surface area contributed by atoms with Gasteiger partial charge in [-0.2, -0.15) is 8.78 Å². The summed E-state index contributed by atoms with van der Waals surface area (Å²) in [6.07, 6.45) is 4.51. The Kier molecular flexibility index (Phi) is 7.90. The third-order valence-corrected chi connectivity index (χ3v) is 3.73. The van der Waals surface area contributed by atoms with Crippen LogP contribution in [0.25, 0.3) is 0 Å². The molecule has 0 saturated carbocycles. The van der Waals surface area contributed by atoms with Crippen LogP contribution in [0.5, 0.6) is 0 Å². The molecule has 1 unspecified atom stereocenters. The van der Waals surface area contributed by atoms with E-state index in [0.717, 1.165) is 37.2 Å². The maximum Gasteiger partial charge on any atom is 0.319 e. The van der Waals surface area contributed by atoms with E-state index in [-0.39, 0.29) is 12.4 Å². The summed E-state index contributed by atoms with van der Waals surface area (Å²) < 4.78 is 37.2. The first-order chi connectivity index (χ1) is 11.7. The summed E-state index contributed by atoms with van der Waals surface area (Å²) >= 11 is 0. The first-order valence-corrected chi connectivity index (χ1v) is 8.10. The number of alkyl halides is 2. The van der Waals surface area contributed by atoms with E-state index in [1.807, 2.05) is 0 Å². The van der Waals surface area contributed by atoms with Gasteiger partial charge in [0.05, 0.1) is 19.8 Å². The molecule has 0 aromatic carbocycles. The molecular weight excluding hydrogens is 320 g/mol. The van der Waals surface area contributed by atoms with Crippen LogP contribution in [0.3, 0.4) is 0 Å². The van der Waals surface area contributed by atoms with E-state index in [2.05, 4.69) is 20.6 Å². The second-order valence-corrected chi connectivity index (χ2v) is 5.54. The second kappa shape index (κ2) is 10.2. The third-order valence-electron chi connectivity index (χ3n) is 3.73. The highest BCUT2D eigenvalue weighted by molar-refractivity contribution is 5.79. The van der Waals surface area contributed by atoms with Crippen LogP contribution in [-0.4, -0.2) is 55.5 Å². The molecule has 1 saturated heterocycles. The number of halogens is 2. The van der Waals surface area contributed by atoms with Gasteiger partial charge in [0.2, 0.25) is 0 Å². The molecule has 0 radical (unpaired) electrons. The van der Waals surface area contributed by atoms with E-state index in [1.165, 1.54) is 12.4 Å². The van der Waals surface area contributed by atoms with Gasteiger partial charge in [0.25, 0.3) is 0 Å². The Labute approximate surface area is 140 Å². The topological polar surface area (TPSA) is 72.7 Å². The van der Waals surface area contributed by atoms with Gasteiger partial charge in [-0.15, -0.1) is 0 Å². The molecule has 24 heavy (non-hydrogen) atoms. The highest BCUT2D eigenvalue weighted by atomic mass is 19.3. The maximum atomic E-state index is 12.7. The van der Waals surface area contributed by atoms with Gasteiger partial charge in [-0.3, -0.25) is 9.56 Å². The van der Waals surface area contributed by atoms with Crippen LogP contribution in [0.2, 0.25) is 0 Å². The van der Waals surface area contributed by atoms with Gasteiger partial charge in [-0.05, 0) is 12.8 Å². The molecule has 0 amide bonds. The van der Waals surface area contributed by atoms with Gasteiger partial charge in [0, 0.05) is 45.1 Å². The van der Waals surface area contributed by atoms with Gasteiger partial charge in [-0.25, -0.2) is 4.98 Å². The molecular formula is C15H25F2N5O2. The molecule has 1 fully saturated rings. The Morgan fingerprint density at radius 3 is 3.12 bits per heavy atom. The maximum absolute atomic E-state index is 12.7. The van der Waals surface area contributed by atoms with Crippen LogP contribution in [-0.2, 0) is 16.0 Å². The number of nitrogens with one attached hydrogen (secondary N) is 2. The second-order valence-electron chi connectivity index (χ2n) is 5.54. The average molecular weight is 345 g/mol. The van der Waals surface area contributed by atoms with Crippen molar-refractivity contribution < 1.29 is 18.3 Å². The quantitative estimate of drug-likeness (QED) is 0.402. The van der Waals surface area contributed by atoms with E-state index < -0.39 is 6.55 Å². The lowest BCUT2D eigenvalue weighted by molar-refractivity contribution is 0.0668. The summed E-state index contributed by atoms with van der Waals surface area (Å²) in [5, 5.41) is 6.09. The number of guanidine groups is 1. The largest absolute Gasteiger partial charge is 0.381 e. The molecule has 9 heteroatoms. The minimum absolute atomic E-state index is 0.176. The monoisotopic (exact) mass is 345 g/mol. The summed E-state index contributed by atoms with van der Waals surface area (Å²) in [6, 6.07) is 0. The summed E-state index contributed by atoms with van der Waals surface area (Å²) in [4.78, 5) is 7.97. The molecule has 0 aliphatic carbocycles. The number of hydrogen-bond donors (Lipinski definition) is 2. The fourth-order valence-electron chi connectivity index (χ4n) is 2.39. The average Bonchev–Trinajstić information content (AvgIpc) is 3.24. The number of ether oxygens (including phenoxy) is 2. The highest BCUT2D eigenvalue weighted by Gasteiger charge is 2.15. The van der Waals surface area contributed by atoms with Crippen LogP contribution < -0.4 is 10.6 Å². The molecule has 7 nitrogen and oxygen atoms in total. The Balaban J connectivity index is 1.57. The number of imidazole rings is 1. The lowest BCUT2D eigenvalue weighted by atomic mass is 10.1. The fourth-order valence-corrected chi connectivity index (χ4v) is 2.39. The van der Waals surface area contributed by atoms with Crippen LogP contribution >= 0.6 is 0 Å². The van der Waals surface area contributed by atoms with Crippen molar-refractivity contribution in [3.8, 4) is 0 Å². The number of hydrogen-bond acceptors (Lipinski definition) is 4. The molecule has 1 aliphatic heterocycles. The third kappa shape index (κ3) is 6.04. The van der Waals surface area contributed by atoms with Crippen molar-refractivity contribution in [2.75, 3.05) is 40.0 Å². The Morgan fingerprint density at radius 2 is 2.42 bits per heavy atom. The first-order valence-electron chi connectivity index (χ1n) is 8.10. The predicted octanol–water partition coefficient (Wildman–Crippen LogP) is 1.39.